The highest BCUT2D eigenvalue weighted by Crippen LogP contribution is 2.22. The lowest BCUT2D eigenvalue weighted by Gasteiger charge is -2.28. The van der Waals surface area contributed by atoms with E-state index in [1.165, 1.54) is 25.9 Å². The number of nitrogens with one attached hydrogen (secondary N) is 1. The summed E-state index contributed by atoms with van der Waals surface area (Å²) in [5, 5.41) is 3.60. The van der Waals surface area contributed by atoms with Crippen molar-refractivity contribution < 1.29 is 0 Å². The first-order valence-corrected chi connectivity index (χ1v) is 4.66. The first kappa shape index (κ1) is 9.01. The van der Waals surface area contributed by atoms with E-state index in [9.17, 15) is 0 Å². The highest BCUT2D eigenvalue weighted by Gasteiger charge is 2.33. The molecule has 1 aliphatic rings. The molecule has 0 bridgehead atoms. The summed E-state index contributed by atoms with van der Waals surface area (Å²) in [6.07, 6.45) is 2.57. The van der Waals surface area contributed by atoms with Crippen molar-refractivity contribution in [3.63, 3.8) is 0 Å². The van der Waals surface area contributed by atoms with Crippen LogP contribution in [-0.2, 0) is 0 Å². The van der Waals surface area contributed by atoms with E-state index >= 15 is 0 Å². The molecule has 1 fully saturated rings. The van der Waals surface area contributed by atoms with Crippen molar-refractivity contribution in [2.75, 3.05) is 26.7 Å². The first-order valence-electron chi connectivity index (χ1n) is 4.66. The van der Waals surface area contributed by atoms with E-state index in [-0.39, 0.29) is 0 Å². The lowest BCUT2D eigenvalue weighted by atomic mass is 9.95. The molecule has 1 rings (SSSR count). The van der Waals surface area contributed by atoms with E-state index in [4.69, 9.17) is 0 Å². The van der Waals surface area contributed by atoms with E-state index in [0.29, 0.717) is 5.54 Å². The van der Waals surface area contributed by atoms with Crippen LogP contribution in [0.1, 0.15) is 26.7 Å². The standard InChI is InChI=1S/C9H20N2/c1-4-9(10-5-2)6-7-11(3)8-9/h10H,4-8H2,1-3H3. The van der Waals surface area contributed by atoms with Crippen LogP contribution in [0.15, 0.2) is 0 Å². The molecule has 0 aliphatic carbocycles. The maximum atomic E-state index is 3.60. The number of rotatable bonds is 3. The Morgan fingerprint density at radius 2 is 2.18 bits per heavy atom. The Morgan fingerprint density at radius 3 is 2.55 bits per heavy atom. The predicted molar refractivity (Wildman–Crippen MR) is 48.8 cm³/mol. The Morgan fingerprint density at radius 1 is 1.45 bits per heavy atom. The van der Waals surface area contributed by atoms with Gasteiger partial charge in [-0.1, -0.05) is 13.8 Å². The summed E-state index contributed by atoms with van der Waals surface area (Å²) >= 11 is 0. The van der Waals surface area contributed by atoms with Crippen LogP contribution >= 0.6 is 0 Å². The third kappa shape index (κ3) is 1.94. The van der Waals surface area contributed by atoms with E-state index in [0.717, 1.165) is 6.54 Å². The Hall–Kier alpha value is -0.0800. The van der Waals surface area contributed by atoms with E-state index in [1.54, 1.807) is 0 Å². The predicted octanol–water partition coefficient (Wildman–Crippen LogP) is 1.08. The van der Waals surface area contributed by atoms with Crippen molar-refractivity contribution in [2.24, 2.45) is 0 Å². The molecule has 0 amide bonds. The molecule has 1 N–H and O–H groups in total. The number of nitrogens with zero attached hydrogens (tertiary/aromatic N) is 1. The zero-order valence-corrected chi connectivity index (χ0v) is 7.98. The molecule has 66 valence electrons. The molecular weight excluding hydrogens is 136 g/mol. The normalized spacial score (nSPS) is 33.0. The van der Waals surface area contributed by atoms with Crippen molar-refractivity contribution in [1.82, 2.24) is 10.2 Å². The van der Waals surface area contributed by atoms with Gasteiger partial charge in [-0.25, -0.2) is 0 Å². The molecule has 2 nitrogen and oxygen atoms in total. The maximum Gasteiger partial charge on any atom is 0.0318 e. The second-order valence-corrected chi connectivity index (χ2v) is 3.65. The second-order valence-electron chi connectivity index (χ2n) is 3.65. The summed E-state index contributed by atoms with van der Waals surface area (Å²) in [6.45, 7) is 8.04. The minimum atomic E-state index is 0.434. The molecule has 1 unspecified atom stereocenters. The Balaban J connectivity index is 2.48. The second kappa shape index (κ2) is 3.55. The quantitative estimate of drug-likeness (QED) is 0.658. The van der Waals surface area contributed by atoms with Gasteiger partial charge in [0, 0.05) is 12.1 Å². The van der Waals surface area contributed by atoms with Crippen LogP contribution in [0.2, 0.25) is 0 Å². The summed E-state index contributed by atoms with van der Waals surface area (Å²) in [5.74, 6) is 0. The molecule has 11 heavy (non-hydrogen) atoms. The fourth-order valence-electron chi connectivity index (χ4n) is 2.01. The van der Waals surface area contributed by atoms with Crippen molar-refractivity contribution in [3.8, 4) is 0 Å². The summed E-state index contributed by atoms with van der Waals surface area (Å²) in [5.41, 5.74) is 0.434. The molecule has 1 atom stereocenters. The van der Waals surface area contributed by atoms with Crippen LogP contribution in [0, 0.1) is 0 Å². The lowest BCUT2D eigenvalue weighted by molar-refractivity contribution is 0.307. The van der Waals surface area contributed by atoms with E-state index < -0.39 is 0 Å². The lowest BCUT2D eigenvalue weighted by Crippen LogP contribution is -2.46. The van der Waals surface area contributed by atoms with Crippen LogP contribution in [0.4, 0.5) is 0 Å². The Labute approximate surface area is 70.0 Å². The fourth-order valence-corrected chi connectivity index (χ4v) is 2.01. The average molecular weight is 156 g/mol. The van der Waals surface area contributed by atoms with E-state index in [1.807, 2.05) is 0 Å². The van der Waals surface area contributed by atoms with Crippen molar-refractivity contribution in [1.29, 1.82) is 0 Å². The smallest absolute Gasteiger partial charge is 0.0318 e. The van der Waals surface area contributed by atoms with Crippen molar-refractivity contribution in [3.05, 3.63) is 0 Å². The molecule has 0 aromatic carbocycles. The largest absolute Gasteiger partial charge is 0.310 e. The van der Waals surface area contributed by atoms with Gasteiger partial charge in [0.05, 0.1) is 0 Å². The molecule has 2 heteroatoms. The van der Waals surface area contributed by atoms with Gasteiger partial charge in [-0.3, -0.25) is 0 Å². The third-order valence-electron chi connectivity index (χ3n) is 2.77. The molecule has 1 heterocycles. The SMILES string of the molecule is CCNC1(CC)CCN(C)C1. The highest BCUT2D eigenvalue weighted by atomic mass is 15.2. The highest BCUT2D eigenvalue weighted by molar-refractivity contribution is 4.94. The summed E-state index contributed by atoms with van der Waals surface area (Å²) in [6, 6.07) is 0. The molecule has 0 aromatic rings. The number of hydrogen-bond donors (Lipinski definition) is 1. The molecule has 0 aromatic heterocycles. The fraction of sp³-hybridized carbons (Fsp3) is 1.00. The van der Waals surface area contributed by atoms with Gasteiger partial charge in [0.15, 0.2) is 0 Å². The summed E-state index contributed by atoms with van der Waals surface area (Å²) in [7, 11) is 2.20. The van der Waals surface area contributed by atoms with Crippen molar-refractivity contribution >= 4 is 0 Å². The maximum absolute atomic E-state index is 3.60. The van der Waals surface area contributed by atoms with Gasteiger partial charge in [0.1, 0.15) is 0 Å². The zero-order chi connectivity index (χ0) is 8.32. The molecule has 1 aliphatic heterocycles. The minimum absolute atomic E-state index is 0.434. The summed E-state index contributed by atoms with van der Waals surface area (Å²) < 4.78 is 0. The number of likely N-dealkylation sites (tertiary alicyclic amines) is 1. The molecule has 0 saturated carbocycles. The van der Waals surface area contributed by atoms with Crippen LogP contribution in [0.5, 0.6) is 0 Å². The van der Waals surface area contributed by atoms with Gasteiger partial charge in [-0.05, 0) is 33.0 Å². The Bertz CT molecular complexity index is 121. The molecule has 0 radical (unpaired) electrons. The number of hydrogen-bond acceptors (Lipinski definition) is 2. The monoisotopic (exact) mass is 156 g/mol. The van der Waals surface area contributed by atoms with Gasteiger partial charge in [-0.2, -0.15) is 0 Å². The Kier molecular flexibility index (Phi) is 2.90. The number of likely N-dealkylation sites (N-methyl/N-ethyl adjacent to an activating group) is 2. The van der Waals surface area contributed by atoms with Gasteiger partial charge in [0.2, 0.25) is 0 Å². The molecule has 1 saturated heterocycles. The minimum Gasteiger partial charge on any atom is -0.310 e. The molecule has 0 spiro atoms. The summed E-state index contributed by atoms with van der Waals surface area (Å²) in [4.78, 5) is 2.41. The zero-order valence-electron chi connectivity index (χ0n) is 7.98. The van der Waals surface area contributed by atoms with Gasteiger partial charge in [-0.15, -0.1) is 0 Å². The average Bonchev–Trinajstić information content (AvgIpc) is 2.34. The van der Waals surface area contributed by atoms with Crippen LogP contribution in [0.25, 0.3) is 0 Å². The van der Waals surface area contributed by atoms with Crippen LogP contribution in [0.3, 0.4) is 0 Å². The third-order valence-corrected chi connectivity index (χ3v) is 2.77. The van der Waals surface area contributed by atoms with E-state index in [2.05, 4.69) is 31.1 Å². The van der Waals surface area contributed by atoms with Gasteiger partial charge in [0.25, 0.3) is 0 Å². The van der Waals surface area contributed by atoms with Crippen molar-refractivity contribution in [2.45, 2.75) is 32.2 Å². The van der Waals surface area contributed by atoms with Crippen LogP contribution in [-0.4, -0.2) is 37.1 Å². The van der Waals surface area contributed by atoms with Gasteiger partial charge < -0.3 is 10.2 Å². The van der Waals surface area contributed by atoms with Gasteiger partial charge >= 0.3 is 0 Å². The first-order chi connectivity index (χ1) is 5.22. The van der Waals surface area contributed by atoms with Crippen LogP contribution < -0.4 is 5.32 Å². The topological polar surface area (TPSA) is 15.3 Å². The molecular formula is C9H20N2.